The van der Waals surface area contributed by atoms with Crippen LogP contribution in [-0.4, -0.2) is 42.0 Å². The molecule has 1 amide bonds. The monoisotopic (exact) mass is 287 g/mol. The summed E-state index contributed by atoms with van der Waals surface area (Å²) < 4.78 is 0. The Labute approximate surface area is 127 Å². The van der Waals surface area contributed by atoms with Crippen LogP contribution in [0.2, 0.25) is 0 Å². The summed E-state index contributed by atoms with van der Waals surface area (Å²) in [5.41, 5.74) is 1.74. The van der Waals surface area contributed by atoms with Crippen molar-refractivity contribution in [1.82, 2.24) is 9.88 Å². The molecule has 0 aliphatic carbocycles. The van der Waals surface area contributed by atoms with Crippen molar-refractivity contribution in [2.24, 2.45) is 5.92 Å². The van der Waals surface area contributed by atoms with Crippen LogP contribution in [0.1, 0.15) is 49.5 Å². The molecule has 4 nitrogen and oxygen atoms in total. The maximum atomic E-state index is 12.5. The Morgan fingerprint density at radius 2 is 1.95 bits per heavy atom. The number of rotatable bonds is 2. The summed E-state index contributed by atoms with van der Waals surface area (Å²) in [5, 5.41) is 0. The third kappa shape index (κ3) is 3.36. The smallest absolute Gasteiger partial charge is 0.272 e. The topological polar surface area (TPSA) is 36.4 Å². The first-order valence-electron chi connectivity index (χ1n) is 8.24. The van der Waals surface area contributed by atoms with Gasteiger partial charge in [0.1, 0.15) is 5.69 Å². The van der Waals surface area contributed by atoms with E-state index in [1.807, 2.05) is 17.2 Å². The Balaban J connectivity index is 1.67. The largest absolute Gasteiger partial charge is 0.370 e. The molecule has 3 rings (SSSR count). The van der Waals surface area contributed by atoms with E-state index in [-0.39, 0.29) is 5.91 Å². The van der Waals surface area contributed by atoms with Crippen LogP contribution in [0.15, 0.2) is 18.3 Å². The number of nitrogens with zero attached hydrogens (tertiary/aromatic N) is 3. The molecule has 0 N–H and O–H groups in total. The van der Waals surface area contributed by atoms with Gasteiger partial charge in [-0.05, 0) is 50.2 Å². The minimum Gasteiger partial charge on any atom is -0.370 e. The highest BCUT2D eigenvalue weighted by molar-refractivity contribution is 5.92. The van der Waals surface area contributed by atoms with Gasteiger partial charge in [-0.15, -0.1) is 0 Å². The molecule has 1 atom stereocenters. The average molecular weight is 287 g/mol. The number of aromatic nitrogens is 1. The van der Waals surface area contributed by atoms with E-state index in [1.54, 1.807) is 0 Å². The minimum absolute atomic E-state index is 0.0896. The highest BCUT2D eigenvalue weighted by Crippen LogP contribution is 2.21. The van der Waals surface area contributed by atoms with Crippen LogP contribution < -0.4 is 4.90 Å². The number of carbonyl (C=O) groups is 1. The molecule has 114 valence electrons. The summed E-state index contributed by atoms with van der Waals surface area (Å²) in [6.45, 7) is 6.18. The van der Waals surface area contributed by atoms with Gasteiger partial charge in [-0.2, -0.15) is 0 Å². The number of hydrogen-bond donors (Lipinski definition) is 0. The molecule has 2 aliphatic rings. The molecule has 0 bridgehead atoms. The summed E-state index contributed by atoms with van der Waals surface area (Å²) >= 11 is 0. The fourth-order valence-corrected chi connectivity index (χ4v) is 3.39. The van der Waals surface area contributed by atoms with Crippen molar-refractivity contribution in [2.45, 2.75) is 39.0 Å². The molecule has 21 heavy (non-hydrogen) atoms. The predicted octanol–water partition coefficient (Wildman–Crippen LogP) is 2.94. The van der Waals surface area contributed by atoms with Gasteiger partial charge in [0, 0.05) is 26.2 Å². The van der Waals surface area contributed by atoms with Gasteiger partial charge in [-0.25, -0.2) is 4.98 Å². The molecule has 1 aromatic heterocycles. The number of carbonyl (C=O) groups excluding carboxylic acids is 1. The lowest BCUT2D eigenvalue weighted by Gasteiger charge is -2.31. The van der Waals surface area contributed by atoms with Crippen LogP contribution in [0.25, 0.3) is 0 Å². The van der Waals surface area contributed by atoms with Gasteiger partial charge in [0.05, 0.1) is 11.9 Å². The second kappa shape index (κ2) is 6.46. The molecule has 1 unspecified atom stereocenters. The van der Waals surface area contributed by atoms with Crippen LogP contribution in [0.4, 0.5) is 5.69 Å². The molecule has 0 spiro atoms. The summed E-state index contributed by atoms with van der Waals surface area (Å²) in [6, 6.07) is 3.95. The number of likely N-dealkylation sites (tertiary alicyclic amines) is 1. The standard InChI is InChI=1S/C17H25N3O/c1-14-6-5-11-20(13-14)17(21)16-8-7-15(12-18-16)19-9-3-2-4-10-19/h7-8,12,14H,2-6,9-11,13H2,1H3. The lowest BCUT2D eigenvalue weighted by molar-refractivity contribution is 0.0677. The third-order valence-corrected chi connectivity index (χ3v) is 4.63. The van der Waals surface area contributed by atoms with E-state index in [4.69, 9.17) is 0 Å². The van der Waals surface area contributed by atoms with Gasteiger partial charge in [0.25, 0.3) is 5.91 Å². The van der Waals surface area contributed by atoms with E-state index in [0.717, 1.165) is 38.3 Å². The van der Waals surface area contributed by atoms with Crippen LogP contribution in [0, 0.1) is 5.92 Å². The SMILES string of the molecule is CC1CCCN(C(=O)c2ccc(N3CCCCC3)cn2)C1. The predicted molar refractivity (Wildman–Crippen MR) is 84.6 cm³/mol. The summed E-state index contributed by atoms with van der Waals surface area (Å²) in [6.07, 6.45) is 8.04. The molecule has 4 heteroatoms. The zero-order valence-corrected chi connectivity index (χ0v) is 12.9. The Morgan fingerprint density at radius 1 is 1.14 bits per heavy atom. The number of anilines is 1. The van der Waals surface area contributed by atoms with E-state index in [9.17, 15) is 4.79 Å². The molecule has 2 saturated heterocycles. The van der Waals surface area contributed by atoms with Gasteiger partial charge >= 0.3 is 0 Å². The first-order valence-corrected chi connectivity index (χ1v) is 8.24. The van der Waals surface area contributed by atoms with Crippen LogP contribution in [0.3, 0.4) is 0 Å². The molecule has 2 fully saturated rings. The Morgan fingerprint density at radius 3 is 2.62 bits per heavy atom. The Hall–Kier alpha value is -1.58. The second-order valence-corrected chi connectivity index (χ2v) is 6.45. The van der Waals surface area contributed by atoms with Crippen molar-refractivity contribution >= 4 is 11.6 Å². The molecular weight excluding hydrogens is 262 g/mol. The second-order valence-electron chi connectivity index (χ2n) is 6.45. The van der Waals surface area contributed by atoms with E-state index >= 15 is 0 Å². The van der Waals surface area contributed by atoms with Gasteiger partial charge in [-0.3, -0.25) is 4.79 Å². The molecule has 1 aromatic rings. The highest BCUT2D eigenvalue weighted by Gasteiger charge is 2.23. The van der Waals surface area contributed by atoms with E-state index in [1.165, 1.54) is 25.7 Å². The van der Waals surface area contributed by atoms with Crippen molar-refractivity contribution in [1.29, 1.82) is 0 Å². The van der Waals surface area contributed by atoms with Crippen molar-refractivity contribution in [3.63, 3.8) is 0 Å². The Kier molecular flexibility index (Phi) is 4.42. The summed E-state index contributed by atoms with van der Waals surface area (Å²) in [5.74, 6) is 0.696. The average Bonchev–Trinajstić information content (AvgIpc) is 2.55. The van der Waals surface area contributed by atoms with Crippen LogP contribution in [-0.2, 0) is 0 Å². The molecular formula is C17H25N3O. The lowest BCUT2D eigenvalue weighted by atomic mass is 10.00. The Bertz CT molecular complexity index is 479. The lowest BCUT2D eigenvalue weighted by Crippen LogP contribution is -2.39. The molecule has 0 saturated carbocycles. The van der Waals surface area contributed by atoms with Crippen molar-refractivity contribution in [3.05, 3.63) is 24.0 Å². The number of amides is 1. The van der Waals surface area contributed by atoms with E-state index in [2.05, 4.69) is 22.9 Å². The van der Waals surface area contributed by atoms with Crippen molar-refractivity contribution < 1.29 is 4.79 Å². The van der Waals surface area contributed by atoms with E-state index < -0.39 is 0 Å². The molecule has 0 aromatic carbocycles. The minimum atomic E-state index is 0.0896. The van der Waals surface area contributed by atoms with Gasteiger partial charge in [0.15, 0.2) is 0 Å². The number of pyridine rings is 1. The molecule has 3 heterocycles. The summed E-state index contributed by atoms with van der Waals surface area (Å²) in [7, 11) is 0. The van der Waals surface area contributed by atoms with Gasteiger partial charge in [-0.1, -0.05) is 6.92 Å². The van der Waals surface area contributed by atoms with Crippen LogP contribution in [0.5, 0.6) is 0 Å². The van der Waals surface area contributed by atoms with E-state index in [0.29, 0.717) is 11.6 Å². The number of piperidine rings is 2. The van der Waals surface area contributed by atoms with Crippen molar-refractivity contribution in [3.8, 4) is 0 Å². The first-order chi connectivity index (χ1) is 10.2. The fraction of sp³-hybridized carbons (Fsp3) is 0.647. The number of hydrogen-bond acceptors (Lipinski definition) is 3. The zero-order chi connectivity index (χ0) is 14.7. The maximum absolute atomic E-state index is 12.5. The zero-order valence-electron chi connectivity index (χ0n) is 12.9. The normalized spacial score (nSPS) is 23.2. The maximum Gasteiger partial charge on any atom is 0.272 e. The van der Waals surface area contributed by atoms with Gasteiger partial charge in [0.2, 0.25) is 0 Å². The molecule has 0 radical (unpaired) electrons. The van der Waals surface area contributed by atoms with Crippen molar-refractivity contribution in [2.75, 3.05) is 31.1 Å². The third-order valence-electron chi connectivity index (χ3n) is 4.63. The fourth-order valence-electron chi connectivity index (χ4n) is 3.39. The van der Waals surface area contributed by atoms with Gasteiger partial charge < -0.3 is 9.80 Å². The molecule has 2 aliphatic heterocycles. The quantitative estimate of drug-likeness (QED) is 0.839. The highest BCUT2D eigenvalue weighted by atomic mass is 16.2. The van der Waals surface area contributed by atoms with Crippen LogP contribution >= 0.6 is 0 Å². The first kappa shape index (κ1) is 14.4. The summed E-state index contributed by atoms with van der Waals surface area (Å²) in [4.78, 5) is 21.2.